The lowest BCUT2D eigenvalue weighted by atomic mass is 10.1. The minimum absolute atomic E-state index is 0.242. The fourth-order valence-electron chi connectivity index (χ4n) is 3.52. The van der Waals surface area contributed by atoms with Gasteiger partial charge >= 0.3 is 5.97 Å². The Morgan fingerprint density at radius 3 is 2.59 bits per heavy atom. The Balaban J connectivity index is 1.56. The largest absolute Gasteiger partial charge is 0.480 e. The number of nitrogens with two attached hydrogens (primary N) is 1. The van der Waals surface area contributed by atoms with E-state index in [0.717, 1.165) is 0 Å². The van der Waals surface area contributed by atoms with Crippen LogP contribution in [0.3, 0.4) is 0 Å². The van der Waals surface area contributed by atoms with Crippen molar-refractivity contribution in [1.29, 1.82) is 0 Å². The number of benzene rings is 1. The zero-order chi connectivity index (χ0) is 24.6. The maximum absolute atomic E-state index is 14.0. The maximum Gasteiger partial charge on any atom is 0.326 e. The number of hydrogen-bond donors (Lipinski definition) is 3. The van der Waals surface area contributed by atoms with Crippen molar-refractivity contribution in [3.63, 3.8) is 0 Å². The van der Waals surface area contributed by atoms with Crippen LogP contribution in [0.1, 0.15) is 16.1 Å². The molecule has 0 unspecified atom stereocenters. The average Bonchev–Trinajstić information content (AvgIpc) is 3.06. The summed E-state index contributed by atoms with van der Waals surface area (Å²) in [5.41, 5.74) is 5.17. The van der Waals surface area contributed by atoms with Crippen LogP contribution in [0.4, 0.5) is 14.5 Å². The van der Waals surface area contributed by atoms with Gasteiger partial charge in [0.05, 0.1) is 40.2 Å². The first-order chi connectivity index (χ1) is 16.2. The first kappa shape index (κ1) is 22.6. The van der Waals surface area contributed by atoms with Crippen molar-refractivity contribution in [2.45, 2.75) is 12.5 Å². The summed E-state index contributed by atoms with van der Waals surface area (Å²) in [4.78, 5) is 45.0. The SMILES string of the molecule is Cn1c2cnccc2c(=O)n1-c1ccc(C[C@H](NC(=O)c2cc(F)c(N)cc2F)C(=O)O)nc1. The molecule has 0 fully saturated rings. The van der Waals surface area contributed by atoms with Gasteiger partial charge in [0.2, 0.25) is 0 Å². The van der Waals surface area contributed by atoms with E-state index in [9.17, 15) is 28.3 Å². The van der Waals surface area contributed by atoms with E-state index in [1.165, 1.54) is 23.1 Å². The molecule has 0 bridgehead atoms. The molecule has 4 N–H and O–H groups in total. The lowest BCUT2D eigenvalue weighted by molar-refractivity contribution is -0.139. The number of fused-ring (bicyclic) bond motifs is 1. The molecule has 0 saturated carbocycles. The lowest BCUT2D eigenvalue weighted by Gasteiger charge is -2.15. The van der Waals surface area contributed by atoms with Gasteiger partial charge in [-0.15, -0.1) is 0 Å². The number of nitrogen functional groups attached to an aromatic ring is 1. The van der Waals surface area contributed by atoms with Crippen LogP contribution in [-0.2, 0) is 18.3 Å². The van der Waals surface area contributed by atoms with E-state index < -0.39 is 40.8 Å². The van der Waals surface area contributed by atoms with E-state index in [-0.39, 0.29) is 17.7 Å². The summed E-state index contributed by atoms with van der Waals surface area (Å²) >= 11 is 0. The highest BCUT2D eigenvalue weighted by Crippen LogP contribution is 2.17. The standard InChI is InChI=1S/C22H18F2N6O4/c1-29-19-10-26-5-4-13(19)21(32)30(29)12-3-2-11(27-9-12)6-18(22(33)34)28-20(31)14-7-16(24)17(25)8-15(14)23/h2-5,7-10,18H,6,25H2,1H3,(H,28,31)(H,33,34)/t18-/m0/s1. The summed E-state index contributed by atoms with van der Waals surface area (Å²) in [5, 5.41) is 12.1. The van der Waals surface area contributed by atoms with Crippen molar-refractivity contribution >= 4 is 28.5 Å². The zero-order valence-corrected chi connectivity index (χ0v) is 17.7. The summed E-state index contributed by atoms with van der Waals surface area (Å²) in [6, 6.07) is 4.45. The number of pyridine rings is 2. The third-order valence-electron chi connectivity index (χ3n) is 5.27. The van der Waals surface area contributed by atoms with Crippen LogP contribution >= 0.6 is 0 Å². The number of nitrogens with one attached hydrogen (secondary N) is 1. The predicted molar refractivity (Wildman–Crippen MR) is 117 cm³/mol. The van der Waals surface area contributed by atoms with Gasteiger partial charge in [-0.2, -0.15) is 0 Å². The number of aryl methyl sites for hydroxylation is 1. The maximum atomic E-state index is 14.0. The monoisotopic (exact) mass is 468 g/mol. The number of rotatable bonds is 6. The van der Waals surface area contributed by atoms with Gasteiger partial charge in [-0.3, -0.25) is 24.2 Å². The highest BCUT2D eigenvalue weighted by Gasteiger charge is 2.24. The molecular formula is C22H18F2N6O4. The van der Waals surface area contributed by atoms with Crippen LogP contribution in [0, 0.1) is 11.6 Å². The summed E-state index contributed by atoms with van der Waals surface area (Å²) in [7, 11) is 1.69. The number of nitrogens with zero attached hydrogens (tertiary/aromatic N) is 4. The van der Waals surface area contributed by atoms with E-state index >= 15 is 0 Å². The quantitative estimate of drug-likeness (QED) is 0.363. The molecule has 1 amide bonds. The molecule has 3 aromatic heterocycles. The van der Waals surface area contributed by atoms with E-state index in [1.54, 1.807) is 30.1 Å². The first-order valence-electron chi connectivity index (χ1n) is 9.92. The van der Waals surface area contributed by atoms with Crippen molar-refractivity contribution in [2.75, 3.05) is 5.73 Å². The van der Waals surface area contributed by atoms with E-state index in [2.05, 4.69) is 15.3 Å². The second kappa shape index (κ2) is 8.73. The highest BCUT2D eigenvalue weighted by atomic mass is 19.1. The van der Waals surface area contributed by atoms with Crippen molar-refractivity contribution in [3.05, 3.63) is 82.2 Å². The molecule has 1 aromatic carbocycles. The molecule has 0 radical (unpaired) electrons. The Bertz CT molecular complexity index is 1480. The van der Waals surface area contributed by atoms with Crippen LogP contribution in [0.5, 0.6) is 0 Å². The minimum atomic E-state index is -1.47. The molecular weight excluding hydrogens is 450 g/mol. The average molecular weight is 468 g/mol. The molecule has 0 aliphatic heterocycles. The second-order valence-corrected chi connectivity index (χ2v) is 7.46. The van der Waals surface area contributed by atoms with E-state index in [0.29, 0.717) is 28.7 Å². The molecule has 0 saturated heterocycles. The predicted octanol–water partition coefficient (Wildman–Crippen LogP) is 1.41. The second-order valence-electron chi connectivity index (χ2n) is 7.46. The molecule has 0 aliphatic carbocycles. The molecule has 4 rings (SSSR count). The number of hydrogen-bond acceptors (Lipinski definition) is 6. The van der Waals surface area contributed by atoms with Crippen molar-refractivity contribution < 1.29 is 23.5 Å². The first-order valence-corrected chi connectivity index (χ1v) is 9.92. The van der Waals surface area contributed by atoms with Crippen LogP contribution in [-0.4, -0.2) is 42.4 Å². The number of carbonyl (C=O) groups excluding carboxylic acids is 1. The summed E-state index contributed by atoms with van der Waals surface area (Å²) in [6.45, 7) is 0. The summed E-state index contributed by atoms with van der Waals surface area (Å²) < 4.78 is 30.6. The van der Waals surface area contributed by atoms with Crippen LogP contribution in [0.2, 0.25) is 0 Å². The number of carbonyl (C=O) groups is 2. The molecule has 3 heterocycles. The van der Waals surface area contributed by atoms with Crippen LogP contribution in [0.25, 0.3) is 16.6 Å². The Morgan fingerprint density at radius 1 is 1.18 bits per heavy atom. The van der Waals surface area contributed by atoms with Crippen molar-refractivity contribution in [1.82, 2.24) is 24.6 Å². The Labute approximate surface area is 190 Å². The number of halogens is 2. The van der Waals surface area contributed by atoms with Gasteiger partial charge in [-0.05, 0) is 24.3 Å². The van der Waals surface area contributed by atoms with Crippen molar-refractivity contribution in [3.8, 4) is 5.69 Å². The molecule has 34 heavy (non-hydrogen) atoms. The molecule has 1 atom stereocenters. The van der Waals surface area contributed by atoms with Gasteiger partial charge in [0.15, 0.2) is 0 Å². The van der Waals surface area contributed by atoms with Gasteiger partial charge in [-0.1, -0.05) is 0 Å². The van der Waals surface area contributed by atoms with Gasteiger partial charge < -0.3 is 16.2 Å². The number of carboxylic acid groups (broad SMARTS) is 1. The Hall–Kier alpha value is -4.61. The van der Waals surface area contributed by atoms with Crippen molar-refractivity contribution in [2.24, 2.45) is 7.05 Å². The third kappa shape index (κ3) is 4.08. The lowest BCUT2D eigenvalue weighted by Crippen LogP contribution is -2.42. The fraction of sp³-hybridized carbons (Fsp3) is 0.136. The van der Waals surface area contributed by atoms with E-state index in [1.807, 2.05) is 0 Å². The number of anilines is 1. The smallest absolute Gasteiger partial charge is 0.326 e. The van der Waals surface area contributed by atoms with Gasteiger partial charge in [0.25, 0.3) is 11.5 Å². The minimum Gasteiger partial charge on any atom is -0.480 e. The highest BCUT2D eigenvalue weighted by molar-refractivity contribution is 5.97. The van der Waals surface area contributed by atoms with Gasteiger partial charge in [0.1, 0.15) is 17.7 Å². The summed E-state index contributed by atoms with van der Waals surface area (Å²) in [5.74, 6) is -4.60. The molecule has 10 nitrogen and oxygen atoms in total. The summed E-state index contributed by atoms with van der Waals surface area (Å²) in [6.07, 6.45) is 4.22. The molecule has 12 heteroatoms. The van der Waals surface area contributed by atoms with E-state index in [4.69, 9.17) is 5.73 Å². The topological polar surface area (TPSA) is 145 Å². The molecule has 0 aliphatic rings. The molecule has 4 aromatic rings. The number of aromatic nitrogens is 4. The van der Waals surface area contributed by atoms with Gasteiger partial charge in [0, 0.05) is 31.4 Å². The number of carboxylic acids is 1. The zero-order valence-electron chi connectivity index (χ0n) is 17.7. The fourth-order valence-corrected chi connectivity index (χ4v) is 3.52. The molecule has 0 spiro atoms. The van der Waals surface area contributed by atoms with Gasteiger partial charge in [-0.25, -0.2) is 18.3 Å². The third-order valence-corrected chi connectivity index (χ3v) is 5.27. The number of amides is 1. The Kier molecular flexibility index (Phi) is 5.80. The van der Waals surface area contributed by atoms with Crippen LogP contribution in [0.15, 0.2) is 53.7 Å². The van der Waals surface area contributed by atoms with Crippen LogP contribution < -0.4 is 16.6 Å². The number of aliphatic carboxylic acids is 1. The molecule has 174 valence electrons. The Morgan fingerprint density at radius 2 is 1.94 bits per heavy atom. The normalized spacial score (nSPS) is 12.0.